The van der Waals surface area contributed by atoms with Gasteiger partial charge in [0, 0.05) is 30.8 Å². The van der Waals surface area contributed by atoms with Crippen molar-refractivity contribution in [1.29, 1.82) is 0 Å². The number of sulfone groups is 1. The van der Waals surface area contributed by atoms with E-state index in [-0.39, 0.29) is 39.7 Å². The minimum atomic E-state index is -3.47. The van der Waals surface area contributed by atoms with E-state index in [0.29, 0.717) is 24.1 Å². The first-order chi connectivity index (χ1) is 13.4. The summed E-state index contributed by atoms with van der Waals surface area (Å²) < 4.78 is 26.1. The largest absolute Gasteiger partial charge is 0.294 e. The summed E-state index contributed by atoms with van der Waals surface area (Å²) in [5.74, 6) is -0.721. The van der Waals surface area contributed by atoms with Gasteiger partial charge >= 0.3 is 0 Å². The lowest BCUT2D eigenvalue weighted by Crippen LogP contribution is -2.22. The molecule has 0 saturated carbocycles. The number of carbonyl (C=O) groups is 2. The molecule has 0 amide bonds. The maximum absolute atomic E-state index is 13.3. The average molecular weight is 437 g/mol. The molecule has 0 bridgehead atoms. The van der Waals surface area contributed by atoms with Crippen LogP contribution in [0.4, 0.5) is 0 Å². The second kappa shape index (κ2) is 7.17. The number of carbonyl (C=O) groups excluding carboxylic acids is 2. The predicted octanol–water partition coefficient (Wildman–Crippen LogP) is 3.40. The SMILES string of the molecule is CSC1Cc2c(ccc(C(=O)C3=C(n4cccn4)CCCC3=O)c2Cl)S1(=O)=O. The number of aromatic nitrogens is 2. The number of rotatable bonds is 4. The highest BCUT2D eigenvalue weighted by Gasteiger charge is 2.39. The van der Waals surface area contributed by atoms with E-state index in [4.69, 9.17) is 11.6 Å². The smallest absolute Gasteiger partial charge is 0.199 e. The van der Waals surface area contributed by atoms with Crippen molar-refractivity contribution >= 4 is 50.5 Å². The molecule has 1 unspecified atom stereocenters. The molecule has 146 valence electrons. The van der Waals surface area contributed by atoms with Crippen LogP contribution in [0.25, 0.3) is 5.70 Å². The second-order valence-electron chi connectivity index (χ2n) is 6.70. The Morgan fingerprint density at radius 2 is 2.11 bits per heavy atom. The summed E-state index contributed by atoms with van der Waals surface area (Å²) in [6, 6.07) is 4.57. The Kier molecular flexibility index (Phi) is 4.97. The maximum Gasteiger partial charge on any atom is 0.199 e. The third-order valence-corrected chi connectivity index (χ3v) is 9.44. The van der Waals surface area contributed by atoms with Crippen LogP contribution >= 0.6 is 23.4 Å². The van der Waals surface area contributed by atoms with Crippen molar-refractivity contribution in [3.05, 3.63) is 52.3 Å². The number of ketones is 2. The molecule has 6 nitrogen and oxygen atoms in total. The number of fused-ring (bicyclic) bond motifs is 1. The number of halogens is 1. The summed E-state index contributed by atoms with van der Waals surface area (Å²) in [6.45, 7) is 0. The summed E-state index contributed by atoms with van der Waals surface area (Å²) >= 11 is 7.73. The van der Waals surface area contributed by atoms with E-state index in [2.05, 4.69) is 5.10 Å². The van der Waals surface area contributed by atoms with E-state index in [0.717, 1.165) is 0 Å². The Morgan fingerprint density at radius 1 is 1.32 bits per heavy atom. The molecule has 0 radical (unpaired) electrons. The van der Waals surface area contributed by atoms with Gasteiger partial charge < -0.3 is 0 Å². The fraction of sp³-hybridized carbons (Fsp3) is 0.316. The number of hydrogen-bond donors (Lipinski definition) is 0. The highest BCUT2D eigenvalue weighted by atomic mass is 35.5. The van der Waals surface area contributed by atoms with Crippen LogP contribution < -0.4 is 0 Å². The number of nitrogens with zero attached hydrogens (tertiary/aromatic N) is 2. The minimum absolute atomic E-state index is 0.0825. The molecular weight excluding hydrogens is 420 g/mol. The Hall–Kier alpha value is -1.90. The van der Waals surface area contributed by atoms with Crippen molar-refractivity contribution in [3.8, 4) is 0 Å². The van der Waals surface area contributed by atoms with Gasteiger partial charge in [0.15, 0.2) is 21.4 Å². The molecule has 0 saturated heterocycles. The van der Waals surface area contributed by atoms with E-state index in [9.17, 15) is 18.0 Å². The minimum Gasteiger partial charge on any atom is -0.294 e. The van der Waals surface area contributed by atoms with Crippen LogP contribution in [0.5, 0.6) is 0 Å². The van der Waals surface area contributed by atoms with E-state index in [1.165, 1.54) is 23.9 Å². The second-order valence-corrected chi connectivity index (χ2v) is 10.5. The van der Waals surface area contributed by atoms with E-state index >= 15 is 0 Å². The quantitative estimate of drug-likeness (QED) is 0.539. The topological polar surface area (TPSA) is 86.1 Å². The lowest BCUT2D eigenvalue weighted by atomic mass is 9.88. The Morgan fingerprint density at radius 3 is 2.79 bits per heavy atom. The lowest BCUT2D eigenvalue weighted by molar-refractivity contribution is -0.115. The highest BCUT2D eigenvalue weighted by Crippen LogP contribution is 2.41. The first-order valence-electron chi connectivity index (χ1n) is 8.75. The molecule has 1 aromatic heterocycles. The van der Waals surface area contributed by atoms with Gasteiger partial charge in [-0.05, 0) is 42.9 Å². The van der Waals surface area contributed by atoms with E-state index in [1.807, 2.05) is 0 Å². The fourth-order valence-electron chi connectivity index (χ4n) is 3.74. The molecule has 1 aliphatic carbocycles. The van der Waals surface area contributed by atoms with Crippen molar-refractivity contribution in [1.82, 2.24) is 9.78 Å². The van der Waals surface area contributed by atoms with E-state index in [1.54, 1.807) is 29.4 Å². The van der Waals surface area contributed by atoms with E-state index < -0.39 is 20.2 Å². The van der Waals surface area contributed by atoms with Crippen LogP contribution in [-0.4, -0.2) is 40.6 Å². The Bertz CT molecular complexity index is 1120. The van der Waals surface area contributed by atoms with Crippen LogP contribution in [0.3, 0.4) is 0 Å². The molecule has 2 aromatic rings. The van der Waals surface area contributed by atoms with Gasteiger partial charge in [0.1, 0.15) is 4.58 Å². The summed E-state index contributed by atoms with van der Waals surface area (Å²) in [5, 5.41) is 4.28. The lowest BCUT2D eigenvalue weighted by Gasteiger charge is -2.19. The first kappa shape index (κ1) is 19.4. The molecule has 0 fully saturated rings. The number of benzene rings is 1. The van der Waals surface area contributed by atoms with Crippen molar-refractivity contribution in [2.45, 2.75) is 35.2 Å². The normalized spacial score (nSPS) is 21.1. The van der Waals surface area contributed by atoms with Gasteiger partial charge in [0.25, 0.3) is 0 Å². The zero-order chi connectivity index (χ0) is 20.1. The van der Waals surface area contributed by atoms with Crippen LogP contribution in [0, 0.1) is 0 Å². The molecule has 1 aliphatic heterocycles. The molecule has 2 heterocycles. The zero-order valence-corrected chi connectivity index (χ0v) is 17.4. The monoisotopic (exact) mass is 436 g/mol. The zero-order valence-electron chi connectivity index (χ0n) is 15.0. The molecule has 0 spiro atoms. The van der Waals surface area contributed by atoms with Gasteiger partial charge in [0.2, 0.25) is 0 Å². The van der Waals surface area contributed by atoms with Gasteiger partial charge in [-0.15, -0.1) is 11.8 Å². The number of hydrogen-bond acceptors (Lipinski definition) is 6. The first-order valence-corrected chi connectivity index (χ1v) is 12.0. The summed E-state index contributed by atoms with van der Waals surface area (Å²) in [7, 11) is -3.47. The van der Waals surface area contributed by atoms with Crippen LogP contribution in [0.15, 0.2) is 41.1 Å². The van der Waals surface area contributed by atoms with Crippen molar-refractivity contribution in [2.24, 2.45) is 0 Å². The highest BCUT2D eigenvalue weighted by molar-refractivity contribution is 8.13. The molecular formula is C19H17ClN2O4S2. The number of Topliss-reactive ketones (excluding diaryl/α,β-unsaturated/α-hetero) is 2. The molecule has 1 atom stereocenters. The van der Waals surface area contributed by atoms with Crippen molar-refractivity contribution in [2.75, 3.05) is 6.26 Å². The Labute approximate surface area is 171 Å². The van der Waals surface area contributed by atoms with Gasteiger partial charge in [0.05, 0.1) is 21.2 Å². The summed E-state index contributed by atoms with van der Waals surface area (Å²) in [4.78, 5) is 26.1. The van der Waals surface area contributed by atoms with Crippen LogP contribution in [0.1, 0.15) is 35.2 Å². The molecule has 2 aliphatic rings. The Balaban J connectivity index is 1.84. The van der Waals surface area contributed by atoms with Crippen LogP contribution in [0.2, 0.25) is 5.02 Å². The number of thioether (sulfide) groups is 1. The summed E-state index contributed by atoms with van der Waals surface area (Å²) in [5.41, 5.74) is 1.25. The molecule has 0 N–H and O–H groups in total. The standard InChI is InChI=1S/C19H17ClN2O4S2/c1-27-16-10-12-15(28(16,25)26)7-6-11(18(12)20)19(24)17-13(4-2-5-14(17)23)22-9-3-8-21-22/h3,6-9,16H,2,4-5,10H2,1H3. The average Bonchev–Trinajstić information content (AvgIpc) is 3.28. The fourth-order valence-corrected chi connectivity index (χ4v) is 7.24. The van der Waals surface area contributed by atoms with Crippen molar-refractivity contribution in [3.63, 3.8) is 0 Å². The maximum atomic E-state index is 13.3. The molecule has 9 heteroatoms. The van der Waals surface area contributed by atoms with Gasteiger partial charge in [-0.1, -0.05) is 11.6 Å². The number of allylic oxidation sites excluding steroid dienone is 2. The molecule has 4 rings (SSSR count). The predicted molar refractivity (Wildman–Crippen MR) is 108 cm³/mol. The summed E-state index contributed by atoms with van der Waals surface area (Å²) in [6.07, 6.45) is 6.76. The van der Waals surface area contributed by atoms with Gasteiger partial charge in [-0.3, -0.25) is 9.59 Å². The molecule has 28 heavy (non-hydrogen) atoms. The van der Waals surface area contributed by atoms with Crippen LogP contribution in [-0.2, 0) is 21.1 Å². The van der Waals surface area contributed by atoms with Crippen molar-refractivity contribution < 1.29 is 18.0 Å². The van der Waals surface area contributed by atoms with Gasteiger partial charge in [-0.2, -0.15) is 5.10 Å². The third-order valence-electron chi connectivity index (χ3n) is 5.12. The third kappa shape index (κ3) is 2.94. The molecule has 1 aromatic carbocycles. The van der Waals surface area contributed by atoms with Gasteiger partial charge in [-0.25, -0.2) is 13.1 Å².